The number of aromatic nitrogens is 2. The van der Waals surface area contributed by atoms with Crippen molar-refractivity contribution in [2.24, 2.45) is 0 Å². The third-order valence-electron chi connectivity index (χ3n) is 5.24. The van der Waals surface area contributed by atoms with Crippen molar-refractivity contribution in [3.63, 3.8) is 0 Å². The molecule has 1 aromatic carbocycles. The van der Waals surface area contributed by atoms with Crippen LogP contribution in [0.25, 0.3) is 10.9 Å². The molecule has 0 fully saturated rings. The van der Waals surface area contributed by atoms with Crippen molar-refractivity contribution in [1.29, 1.82) is 0 Å². The first-order chi connectivity index (χ1) is 17.0. The number of nitrogens with one attached hydrogen (secondary N) is 3. The molecule has 2 amide bonds. The summed E-state index contributed by atoms with van der Waals surface area (Å²) in [6, 6.07) is 9.30. The van der Waals surface area contributed by atoms with Gasteiger partial charge in [-0.3, -0.25) is 9.78 Å². The summed E-state index contributed by atoms with van der Waals surface area (Å²) >= 11 is 0. The monoisotopic (exact) mass is 483 g/mol. The Morgan fingerprint density at radius 2 is 1.89 bits per heavy atom. The summed E-state index contributed by atoms with van der Waals surface area (Å²) in [6.07, 6.45) is 3.37. The fraction of sp³-hybridized carbons (Fsp3) is 0.360. The van der Waals surface area contributed by atoms with Gasteiger partial charge in [-0.25, -0.2) is 14.2 Å². The lowest BCUT2D eigenvalue weighted by Gasteiger charge is -2.12. The number of rotatable bonds is 12. The SMILES string of the molecule is CCCCOC(=O)NCCNCCc1nc(C(=O)NCc2ccc(F)cc2)c(O)c2ncccc12. The van der Waals surface area contributed by atoms with Crippen molar-refractivity contribution < 1.29 is 23.8 Å². The minimum Gasteiger partial charge on any atom is -0.504 e. The van der Waals surface area contributed by atoms with E-state index in [9.17, 15) is 19.1 Å². The van der Waals surface area contributed by atoms with Gasteiger partial charge in [-0.05, 0) is 36.2 Å². The number of alkyl carbamates (subject to hydrolysis) is 1. The van der Waals surface area contributed by atoms with Gasteiger partial charge >= 0.3 is 6.09 Å². The quantitative estimate of drug-likeness (QED) is 0.292. The molecule has 0 saturated carbocycles. The summed E-state index contributed by atoms with van der Waals surface area (Å²) < 4.78 is 18.1. The lowest BCUT2D eigenvalue weighted by molar-refractivity contribution is 0.0943. The highest BCUT2D eigenvalue weighted by molar-refractivity contribution is 6.01. The largest absolute Gasteiger partial charge is 0.504 e. The van der Waals surface area contributed by atoms with Crippen molar-refractivity contribution >= 4 is 22.9 Å². The molecule has 186 valence electrons. The maximum atomic E-state index is 13.1. The number of pyridine rings is 2. The van der Waals surface area contributed by atoms with Gasteiger partial charge in [-0.2, -0.15) is 0 Å². The molecule has 4 N–H and O–H groups in total. The normalized spacial score (nSPS) is 10.8. The standard InChI is InChI=1S/C25H30FN5O4/c1-2-3-15-35-25(34)29-14-13-27-12-10-20-19-5-4-11-28-21(19)23(32)22(31-20)24(33)30-16-17-6-8-18(26)9-7-17/h4-9,11,27,32H,2-3,10,12-16H2,1H3,(H,29,34)(H,30,33). The Bertz CT molecular complexity index is 1140. The van der Waals surface area contributed by atoms with Gasteiger partial charge in [0.15, 0.2) is 11.4 Å². The van der Waals surface area contributed by atoms with Crippen LogP contribution >= 0.6 is 0 Å². The van der Waals surface area contributed by atoms with Crippen molar-refractivity contribution in [1.82, 2.24) is 25.9 Å². The number of halogens is 1. The molecule has 2 aromatic heterocycles. The second-order valence-electron chi connectivity index (χ2n) is 7.88. The van der Waals surface area contributed by atoms with Gasteiger partial charge in [0.1, 0.15) is 11.3 Å². The zero-order chi connectivity index (χ0) is 25.0. The summed E-state index contributed by atoms with van der Waals surface area (Å²) in [5.41, 5.74) is 1.49. The molecular weight excluding hydrogens is 453 g/mol. The van der Waals surface area contributed by atoms with E-state index in [2.05, 4.69) is 25.9 Å². The van der Waals surface area contributed by atoms with E-state index in [0.29, 0.717) is 54.8 Å². The molecule has 0 aliphatic heterocycles. The fourth-order valence-corrected chi connectivity index (χ4v) is 3.35. The second kappa shape index (κ2) is 13.2. The van der Waals surface area contributed by atoms with Crippen LogP contribution in [0.4, 0.5) is 9.18 Å². The number of nitrogens with zero attached hydrogens (tertiary/aromatic N) is 2. The van der Waals surface area contributed by atoms with Crippen LogP contribution in [0, 0.1) is 5.82 Å². The van der Waals surface area contributed by atoms with Crippen LogP contribution in [-0.4, -0.2) is 53.3 Å². The number of carbonyl (C=O) groups excluding carboxylic acids is 2. The molecule has 0 bridgehead atoms. The number of aromatic hydroxyl groups is 1. The Hall–Kier alpha value is -3.79. The van der Waals surface area contributed by atoms with Gasteiger partial charge in [0.2, 0.25) is 0 Å². The van der Waals surface area contributed by atoms with E-state index in [1.807, 2.05) is 6.92 Å². The van der Waals surface area contributed by atoms with Gasteiger partial charge in [0, 0.05) is 44.2 Å². The number of unbranched alkanes of at least 4 members (excludes halogenated alkanes) is 1. The Kier molecular flexibility index (Phi) is 9.73. The third-order valence-corrected chi connectivity index (χ3v) is 5.24. The number of fused-ring (bicyclic) bond motifs is 1. The van der Waals surface area contributed by atoms with E-state index in [4.69, 9.17) is 4.74 Å². The first-order valence-electron chi connectivity index (χ1n) is 11.6. The van der Waals surface area contributed by atoms with Crippen LogP contribution in [0.1, 0.15) is 41.5 Å². The Morgan fingerprint density at radius 1 is 1.09 bits per heavy atom. The second-order valence-corrected chi connectivity index (χ2v) is 7.88. The lowest BCUT2D eigenvalue weighted by atomic mass is 10.1. The molecule has 3 rings (SSSR count). The summed E-state index contributed by atoms with van der Waals surface area (Å²) in [6.45, 7) is 4.06. The molecule has 9 nitrogen and oxygen atoms in total. The topological polar surface area (TPSA) is 125 Å². The van der Waals surface area contributed by atoms with E-state index >= 15 is 0 Å². The summed E-state index contributed by atoms with van der Waals surface area (Å²) in [7, 11) is 0. The zero-order valence-electron chi connectivity index (χ0n) is 19.6. The fourth-order valence-electron chi connectivity index (χ4n) is 3.35. The smallest absolute Gasteiger partial charge is 0.407 e. The molecule has 0 aliphatic rings. The summed E-state index contributed by atoms with van der Waals surface area (Å²) in [5, 5.41) is 19.9. The van der Waals surface area contributed by atoms with E-state index in [1.165, 1.54) is 18.3 Å². The van der Waals surface area contributed by atoms with Crippen molar-refractivity contribution in [3.8, 4) is 5.75 Å². The van der Waals surface area contributed by atoms with E-state index < -0.39 is 12.0 Å². The molecular formula is C25H30FN5O4. The molecule has 10 heteroatoms. The van der Waals surface area contributed by atoms with Crippen LogP contribution in [0.15, 0.2) is 42.6 Å². The van der Waals surface area contributed by atoms with Crippen molar-refractivity contribution in [2.75, 3.05) is 26.2 Å². The van der Waals surface area contributed by atoms with Gasteiger partial charge in [0.05, 0.1) is 12.3 Å². The first-order valence-corrected chi connectivity index (χ1v) is 11.6. The molecule has 2 heterocycles. The van der Waals surface area contributed by atoms with E-state index in [-0.39, 0.29) is 23.8 Å². The van der Waals surface area contributed by atoms with Gasteiger partial charge in [0.25, 0.3) is 5.91 Å². The van der Waals surface area contributed by atoms with Crippen LogP contribution in [0.3, 0.4) is 0 Å². The Labute approximate surface area is 203 Å². The zero-order valence-corrected chi connectivity index (χ0v) is 19.6. The van der Waals surface area contributed by atoms with Crippen LogP contribution < -0.4 is 16.0 Å². The number of hydrogen-bond acceptors (Lipinski definition) is 7. The minimum atomic E-state index is -0.556. The van der Waals surface area contributed by atoms with Crippen LogP contribution in [0.5, 0.6) is 5.75 Å². The number of amides is 2. The highest BCUT2D eigenvalue weighted by Gasteiger charge is 2.19. The molecule has 0 unspecified atom stereocenters. The van der Waals surface area contributed by atoms with Crippen molar-refractivity contribution in [3.05, 3.63) is 65.4 Å². The lowest BCUT2D eigenvalue weighted by Crippen LogP contribution is -2.33. The predicted octanol–water partition coefficient (Wildman–Crippen LogP) is 3.06. The van der Waals surface area contributed by atoms with Crippen LogP contribution in [0.2, 0.25) is 0 Å². The molecule has 0 aliphatic carbocycles. The highest BCUT2D eigenvalue weighted by atomic mass is 19.1. The van der Waals surface area contributed by atoms with Gasteiger partial charge in [-0.15, -0.1) is 0 Å². The average Bonchev–Trinajstić information content (AvgIpc) is 2.87. The molecule has 0 saturated heterocycles. The highest BCUT2D eigenvalue weighted by Crippen LogP contribution is 2.28. The number of benzene rings is 1. The molecule has 0 radical (unpaired) electrons. The average molecular weight is 484 g/mol. The maximum absolute atomic E-state index is 13.1. The Morgan fingerprint density at radius 3 is 2.66 bits per heavy atom. The number of ether oxygens (including phenoxy) is 1. The molecule has 0 atom stereocenters. The summed E-state index contributed by atoms with van der Waals surface area (Å²) in [4.78, 5) is 33.0. The van der Waals surface area contributed by atoms with Gasteiger partial charge in [-0.1, -0.05) is 25.5 Å². The summed E-state index contributed by atoms with van der Waals surface area (Å²) in [5.74, 6) is -1.21. The number of hydrogen-bond donors (Lipinski definition) is 4. The third kappa shape index (κ3) is 7.61. The first kappa shape index (κ1) is 25.8. The van der Waals surface area contributed by atoms with Crippen molar-refractivity contribution in [2.45, 2.75) is 32.7 Å². The van der Waals surface area contributed by atoms with E-state index in [1.54, 1.807) is 24.3 Å². The maximum Gasteiger partial charge on any atom is 0.407 e. The minimum absolute atomic E-state index is 0.121. The Balaban J connectivity index is 1.59. The van der Waals surface area contributed by atoms with Gasteiger partial charge < -0.3 is 25.8 Å². The molecule has 0 spiro atoms. The molecule has 3 aromatic rings. The number of carbonyl (C=O) groups is 2. The predicted molar refractivity (Wildman–Crippen MR) is 130 cm³/mol. The van der Waals surface area contributed by atoms with E-state index in [0.717, 1.165) is 12.8 Å². The van der Waals surface area contributed by atoms with Crippen LogP contribution in [-0.2, 0) is 17.7 Å². The molecule has 35 heavy (non-hydrogen) atoms.